The number of carbonyl (C=O) groups excluding carboxylic acids is 3. The van der Waals surface area contributed by atoms with Gasteiger partial charge in [0.2, 0.25) is 17.7 Å². The van der Waals surface area contributed by atoms with Crippen LogP contribution in [0.15, 0.2) is 24.3 Å². The molecule has 3 aliphatic rings. The van der Waals surface area contributed by atoms with Gasteiger partial charge in [0, 0.05) is 38.6 Å². The molecule has 2 fully saturated rings. The Morgan fingerprint density at radius 1 is 1.19 bits per heavy atom. The van der Waals surface area contributed by atoms with Gasteiger partial charge in [0.05, 0.1) is 19.2 Å². The van der Waals surface area contributed by atoms with E-state index < -0.39 is 0 Å². The van der Waals surface area contributed by atoms with Crippen LogP contribution in [0.5, 0.6) is 5.75 Å². The number of amides is 3. The van der Waals surface area contributed by atoms with Gasteiger partial charge in [-0.2, -0.15) is 0 Å². The highest BCUT2D eigenvalue weighted by Crippen LogP contribution is 2.32. The van der Waals surface area contributed by atoms with Gasteiger partial charge in [0.15, 0.2) is 0 Å². The predicted molar refractivity (Wildman–Crippen MR) is 114 cm³/mol. The van der Waals surface area contributed by atoms with Crippen molar-refractivity contribution in [3.63, 3.8) is 0 Å². The van der Waals surface area contributed by atoms with E-state index in [0.29, 0.717) is 26.2 Å². The number of methoxy groups -OCH3 is 1. The van der Waals surface area contributed by atoms with Crippen LogP contribution in [0.3, 0.4) is 0 Å². The molecule has 0 spiro atoms. The average molecular weight is 430 g/mol. The summed E-state index contributed by atoms with van der Waals surface area (Å²) in [6.07, 6.45) is 3.42. The average Bonchev–Trinajstić information content (AvgIpc) is 3.52. The zero-order valence-electron chi connectivity index (χ0n) is 18.0. The molecule has 0 unspecified atom stereocenters. The van der Waals surface area contributed by atoms with Crippen molar-refractivity contribution >= 4 is 17.7 Å². The molecule has 1 N–H and O–H groups in total. The van der Waals surface area contributed by atoms with Gasteiger partial charge in [-0.15, -0.1) is 0 Å². The maximum absolute atomic E-state index is 12.9. The molecule has 1 saturated heterocycles. The van der Waals surface area contributed by atoms with Crippen molar-refractivity contribution in [2.24, 2.45) is 5.92 Å². The summed E-state index contributed by atoms with van der Waals surface area (Å²) in [5.74, 6) is 0.614. The van der Waals surface area contributed by atoms with Crippen LogP contribution in [0.1, 0.15) is 37.2 Å². The van der Waals surface area contributed by atoms with Gasteiger partial charge in [0.1, 0.15) is 12.4 Å². The molecule has 1 aromatic carbocycles. The number of rotatable bonds is 3. The second-order valence-corrected chi connectivity index (χ2v) is 8.67. The van der Waals surface area contributed by atoms with E-state index in [1.165, 1.54) is 7.11 Å². The minimum Gasteiger partial charge on any atom is -0.494 e. The predicted octanol–water partition coefficient (Wildman–Crippen LogP) is 1.15. The smallest absolute Gasteiger partial charge is 0.248 e. The molecule has 8 heteroatoms. The van der Waals surface area contributed by atoms with Crippen molar-refractivity contribution < 1.29 is 23.9 Å². The number of nitrogens with one attached hydrogen (secondary N) is 1. The summed E-state index contributed by atoms with van der Waals surface area (Å²) in [4.78, 5) is 41.5. The Morgan fingerprint density at radius 3 is 2.81 bits per heavy atom. The fourth-order valence-electron chi connectivity index (χ4n) is 4.42. The zero-order valence-corrected chi connectivity index (χ0v) is 18.0. The van der Waals surface area contributed by atoms with Gasteiger partial charge in [-0.1, -0.05) is 12.1 Å². The fraction of sp³-hybridized carbons (Fsp3) is 0.609. The zero-order chi connectivity index (χ0) is 21.8. The highest BCUT2D eigenvalue weighted by molar-refractivity contribution is 5.87. The van der Waals surface area contributed by atoms with Crippen LogP contribution in [0.2, 0.25) is 0 Å². The van der Waals surface area contributed by atoms with Crippen LogP contribution in [-0.4, -0.2) is 80.1 Å². The molecule has 0 aromatic heterocycles. The molecule has 1 aliphatic carbocycles. The summed E-state index contributed by atoms with van der Waals surface area (Å²) in [5, 5.41) is 3.10. The first-order chi connectivity index (χ1) is 15.0. The topological polar surface area (TPSA) is 88.2 Å². The molecule has 8 nitrogen and oxygen atoms in total. The van der Waals surface area contributed by atoms with Crippen molar-refractivity contribution in [3.8, 4) is 5.75 Å². The van der Waals surface area contributed by atoms with Gasteiger partial charge < -0.3 is 24.6 Å². The first-order valence-electron chi connectivity index (χ1n) is 11.1. The van der Waals surface area contributed by atoms with Crippen molar-refractivity contribution in [2.45, 2.75) is 37.6 Å². The summed E-state index contributed by atoms with van der Waals surface area (Å²) < 4.78 is 10.9. The molecule has 3 amide bonds. The molecular weight excluding hydrogens is 398 g/mol. The summed E-state index contributed by atoms with van der Waals surface area (Å²) >= 11 is 0. The van der Waals surface area contributed by atoms with E-state index in [9.17, 15) is 14.4 Å². The molecule has 1 saturated carbocycles. The maximum atomic E-state index is 12.9. The van der Waals surface area contributed by atoms with E-state index in [4.69, 9.17) is 9.47 Å². The van der Waals surface area contributed by atoms with Crippen LogP contribution < -0.4 is 10.1 Å². The summed E-state index contributed by atoms with van der Waals surface area (Å²) in [5.41, 5.74) is 1.03. The molecule has 2 aliphatic heterocycles. The molecule has 2 bridgehead atoms. The summed E-state index contributed by atoms with van der Waals surface area (Å²) in [6, 6.07) is 7.66. The van der Waals surface area contributed by atoms with Crippen LogP contribution in [-0.2, 0) is 19.1 Å². The molecule has 1 aromatic rings. The van der Waals surface area contributed by atoms with E-state index in [0.717, 1.165) is 37.0 Å². The Labute approximate surface area is 182 Å². The van der Waals surface area contributed by atoms with Crippen molar-refractivity contribution in [2.75, 3.05) is 46.5 Å². The molecule has 168 valence electrons. The lowest BCUT2D eigenvalue weighted by atomic mass is 9.94. The lowest BCUT2D eigenvalue weighted by Gasteiger charge is -2.26. The van der Waals surface area contributed by atoms with E-state index in [2.05, 4.69) is 5.32 Å². The van der Waals surface area contributed by atoms with Crippen LogP contribution in [0.4, 0.5) is 0 Å². The minimum atomic E-state index is -0.232. The standard InChI is InChI=1S/C23H31N3O5/c1-30-15-22(28)26-12-19-17-5-4-6-18(11-17)31-10-3-2-9-25(23(29)16-7-8-16)14-21(27)24-20(19)13-26/h4-6,11,16,19-20H,2-3,7-10,12-15H2,1H3,(H,24,27)/t19-,20+/m1/s1. The van der Waals surface area contributed by atoms with Gasteiger partial charge in [0.25, 0.3) is 0 Å². The van der Waals surface area contributed by atoms with Gasteiger partial charge >= 0.3 is 0 Å². The van der Waals surface area contributed by atoms with Crippen LogP contribution in [0, 0.1) is 5.92 Å². The Hall–Kier alpha value is -2.61. The number of hydrogen-bond donors (Lipinski definition) is 1. The Bertz CT molecular complexity index is 825. The number of carbonyl (C=O) groups is 3. The lowest BCUT2D eigenvalue weighted by molar-refractivity contribution is -0.137. The fourth-order valence-corrected chi connectivity index (χ4v) is 4.42. The maximum Gasteiger partial charge on any atom is 0.248 e. The monoisotopic (exact) mass is 429 g/mol. The van der Waals surface area contributed by atoms with Gasteiger partial charge in [-0.3, -0.25) is 14.4 Å². The Kier molecular flexibility index (Phi) is 6.75. The molecule has 0 radical (unpaired) electrons. The third-order valence-corrected chi connectivity index (χ3v) is 6.24. The van der Waals surface area contributed by atoms with Crippen molar-refractivity contribution in [3.05, 3.63) is 29.8 Å². The largest absolute Gasteiger partial charge is 0.494 e. The Morgan fingerprint density at radius 2 is 2.03 bits per heavy atom. The number of benzene rings is 1. The van der Waals surface area contributed by atoms with E-state index >= 15 is 0 Å². The normalized spacial score (nSPS) is 24.6. The number of ether oxygens (including phenoxy) is 2. The second kappa shape index (κ2) is 9.68. The van der Waals surface area contributed by atoms with Crippen molar-refractivity contribution in [1.82, 2.24) is 15.1 Å². The molecular formula is C23H31N3O5. The van der Waals surface area contributed by atoms with Crippen molar-refractivity contribution in [1.29, 1.82) is 0 Å². The van der Waals surface area contributed by atoms with Gasteiger partial charge in [-0.25, -0.2) is 0 Å². The molecule has 2 heterocycles. The summed E-state index contributed by atoms with van der Waals surface area (Å²) in [7, 11) is 1.50. The lowest BCUT2D eigenvalue weighted by Crippen LogP contribution is -2.47. The van der Waals surface area contributed by atoms with Gasteiger partial charge in [-0.05, 0) is 43.4 Å². The van der Waals surface area contributed by atoms with Crippen LogP contribution >= 0.6 is 0 Å². The number of fused-ring (bicyclic) bond motifs is 4. The Balaban J connectivity index is 1.55. The van der Waals surface area contributed by atoms with Crippen LogP contribution in [0.25, 0.3) is 0 Å². The quantitative estimate of drug-likeness (QED) is 0.779. The first-order valence-corrected chi connectivity index (χ1v) is 11.1. The van der Waals surface area contributed by atoms with E-state index in [1.54, 1.807) is 9.80 Å². The number of nitrogens with zero attached hydrogens (tertiary/aromatic N) is 2. The minimum absolute atomic E-state index is 0.0141. The molecule has 4 rings (SSSR count). The molecule has 31 heavy (non-hydrogen) atoms. The SMILES string of the molecule is COCC(=O)N1C[C@@H]2NC(=O)CN(C(=O)C3CC3)CCCCOc3cccc(c3)[C@H]2C1. The first kappa shape index (κ1) is 21.6. The highest BCUT2D eigenvalue weighted by atomic mass is 16.5. The number of likely N-dealkylation sites (tertiary alicyclic amines) is 1. The summed E-state index contributed by atoms with van der Waals surface area (Å²) in [6.45, 7) is 2.11. The third kappa shape index (κ3) is 5.36. The second-order valence-electron chi connectivity index (χ2n) is 8.67. The van der Waals surface area contributed by atoms with E-state index in [-0.39, 0.29) is 48.8 Å². The number of hydrogen-bond acceptors (Lipinski definition) is 5. The molecule has 2 atom stereocenters. The van der Waals surface area contributed by atoms with E-state index in [1.807, 2.05) is 24.3 Å². The third-order valence-electron chi connectivity index (χ3n) is 6.24. The highest BCUT2D eigenvalue weighted by Gasteiger charge is 2.38.